The second-order valence-corrected chi connectivity index (χ2v) is 5.72. The van der Waals surface area contributed by atoms with Crippen LogP contribution in [0.2, 0.25) is 0 Å². The molecule has 2 N–H and O–H groups in total. The fourth-order valence-electron chi connectivity index (χ4n) is 2.12. The van der Waals surface area contributed by atoms with Gasteiger partial charge in [0.2, 0.25) is 5.91 Å². The lowest BCUT2D eigenvalue weighted by molar-refractivity contribution is -0.117. The molecule has 0 aromatic heterocycles. The zero-order valence-electron chi connectivity index (χ0n) is 10.7. The summed E-state index contributed by atoms with van der Waals surface area (Å²) in [7, 11) is 1.94. The minimum absolute atomic E-state index is 0.105. The summed E-state index contributed by atoms with van der Waals surface area (Å²) in [6.45, 7) is 3.06. The molecule has 0 saturated heterocycles. The summed E-state index contributed by atoms with van der Waals surface area (Å²) < 4.78 is 0.982. The molecule has 1 aliphatic heterocycles. The molecule has 0 fully saturated rings. The number of anilines is 2. The van der Waals surface area contributed by atoms with Crippen molar-refractivity contribution in [3.8, 4) is 0 Å². The molecule has 1 heterocycles. The molecule has 0 saturated carbocycles. The average molecular weight is 312 g/mol. The Morgan fingerprint density at radius 1 is 1.44 bits per heavy atom. The van der Waals surface area contributed by atoms with Gasteiger partial charge in [-0.1, -0.05) is 15.9 Å². The summed E-state index contributed by atoms with van der Waals surface area (Å²) in [6, 6.07) is 6.12. The van der Waals surface area contributed by atoms with E-state index in [1.54, 1.807) is 0 Å². The van der Waals surface area contributed by atoms with Gasteiger partial charge in [0.25, 0.3) is 0 Å². The number of carbonyl (C=O) groups excluding carboxylic acids is 1. The Labute approximate surface area is 116 Å². The lowest BCUT2D eigenvalue weighted by Gasteiger charge is -2.35. The largest absolute Gasteiger partial charge is 0.364 e. The summed E-state index contributed by atoms with van der Waals surface area (Å²) in [4.78, 5) is 15.9. The molecule has 0 aliphatic carbocycles. The molecule has 18 heavy (non-hydrogen) atoms. The van der Waals surface area contributed by atoms with E-state index in [1.807, 2.05) is 42.0 Å². The fraction of sp³-hybridized carbons (Fsp3) is 0.462. The smallest absolute Gasteiger partial charge is 0.246 e. The van der Waals surface area contributed by atoms with Gasteiger partial charge in [0, 0.05) is 24.1 Å². The lowest BCUT2D eigenvalue weighted by atomic mass is 10.1. The van der Waals surface area contributed by atoms with Crippen LogP contribution in [0.15, 0.2) is 22.7 Å². The number of carbonyl (C=O) groups is 1. The van der Waals surface area contributed by atoms with Gasteiger partial charge in [-0.25, -0.2) is 0 Å². The van der Waals surface area contributed by atoms with E-state index in [0.29, 0.717) is 13.1 Å². The fourth-order valence-corrected chi connectivity index (χ4v) is 2.47. The number of amides is 1. The number of likely N-dealkylation sites (N-methyl/N-ethyl adjacent to an activating group) is 1. The first-order chi connectivity index (χ1) is 8.49. The lowest BCUT2D eigenvalue weighted by Crippen LogP contribution is -2.45. The molecule has 1 unspecified atom stereocenters. The predicted octanol–water partition coefficient (Wildman–Crippen LogP) is 1.97. The van der Waals surface area contributed by atoms with Crippen molar-refractivity contribution in [1.82, 2.24) is 0 Å². The van der Waals surface area contributed by atoms with Gasteiger partial charge in [0.05, 0.1) is 17.9 Å². The third-order valence-electron chi connectivity index (χ3n) is 3.12. The average Bonchev–Trinajstić information content (AvgIpc) is 2.27. The number of hydrogen-bond acceptors (Lipinski definition) is 3. The highest BCUT2D eigenvalue weighted by molar-refractivity contribution is 9.10. The standard InChI is InChI=1S/C13H18BrN3O/c1-9(15)5-6-17-12-7-10(14)3-4-11(12)16(2)8-13(17)18/h3-4,7,9H,5-6,8,15H2,1-2H3. The molecular weight excluding hydrogens is 294 g/mol. The first-order valence-corrected chi connectivity index (χ1v) is 6.85. The van der Waals surface area contributed by atoms with Gasteiger partial charge in [-0.15, -0.1) is 0 Å². The molecular formula is C13H18BrN3O. The maximum atomic E-state index is 12.1. The van der Waals surface area contributed by atoms with Gasteiger partial charge in [-0.05, 0) is 31.5 Å². The molecule has 4 nitrogen and oxygen atoms in total. The van der Waals surface area contributed by atoms with Crippen molar-refractivity contribution < 1.29 is 4.79 Å². The Balaban J connectivity index is 2.32. The van der Waals surface area contributed by atoms with Gasteiger partial charge in [0.1, 0.15) is 0 Å². The van der Waals surface area contributed by atoms with Crippen LogP contribution in [0.5, 0.6) is 0 Å². The van der Waals surface area contributed by atoms with Crippen molar-refractivity contribution in [1.29, 1.82) is 0 Å². The Morgan fingerprint density at radius 3 is 2.83 bits per heavy atom. The highest BCUT2D eigenvalue weighted by Crippen LogP contribution is 2.35. The van der Waals surface area contributed by atoms with E-state index >= 15 is 0 Å². The summed E-state index contributed by atoms with van der Waals surface area (Å²) in [5, 5.41) is 0. The van der Waals surface area contributed by atoms with Crippen LogP contribution < -0.4 is 15.5 Å². The van der Waals surface area contributed by atoms with Crippen LogP contribution in [-0.4, -0.2) is 32.1 Å². The van der Waals surface area contributed by atoms with Crippen LogP contribution in [0.1, 0.15) is 13.3 Å². The van der Waals surface area contributed by atoms with E-state index in [2.05, 4.69) is 15.9 Å². The molecule has 1 amide bonds. The molecule has 5 heteroatoms. The third-order valence-corrected chi connectivity index (χ3v) is 3.61. The second-order valence-electron chi connectivity index (χ2n) is 4.80. The van der Waals surface area contributed by atoms with Crippen LogP contribution in [0, 0.1) is 0 Å². The predicted molar refractivity (Wildman–Crippen MR) is 78.0 cm³/mol. The van der Waals surface area contributed by atoms with Crippen molar-refractivity contribution >= 4 is 33.2 Å². The van der Waals surface area contributed by atoms with Crippen LogP contribution >= 0.6 is 15.9 Å². The minimum Gasteiger partial charge on any atom is -0.364 e. The topological polar surface area (TPSA) is 49.6 Å². The zero-order valence-corrected chi connectivity index (χ0v) is 12.3. The van der Waals surface area contributed by atoms with Gasteiger partial charge >= 0.3 is 0 Å². The van der Waals surface area contributed by atoms with Crippen LogP contribution in [-0.2, 0) is 4.79 Å². The minimum atomic E-state index is 0.105. The second kappa shape index (κ2) is 5.28. The number of nitrogens with two attached hydrogens (primary N) is 1. The zero-order chi connectivity index (χ0) is 13.3. The van der Waals surface area contributed by atoms with Crippen LogP contribution in [0.3, 0.4) is 0 Å². The van der Waals surface area contributed by atoms with Crippen molar-refractivity contribution in [2.24, 2.45) is 5.73 Å². The highest BCUT2D eigenvalue weighted by atomic mass is 79.9. The first-order valence-electron chi connectivity index (χ1n) is 6.05. The number of nitrogens with zero attached hydrogens (tertiary/aromatic N) is 2. The SMILES string of the molecule is CC(N)CCN1C(=O)CN(C)c2ccc(Br)cc21. The number of hydrogen-bond donors (Lipinski definition) is 1. The van der Waals surface area contributed by atoms with Gasteiger partial charge in [-0.3, -0.25) is 4.79 Å². The number of fused-ring (bicyclic) bond motifs is 1. The van der Waals surface area contributed by atoms with Crippen molar-refractivity contribution in [2.45, 2.75) is 19.4 Å². The Kier molecular flexibility index (Phi) is 3.92. The van der Waals surface area contributed by atoms with E-state index in [9.17, 15) is 4.79 Å². The third kappa shape index (κ3) is 2.67. The van der Waals surface area contributed by atoms with Gasteiger partial charge < -0.3 is 15.5 Å². The Bertz CT molecular complexity index is 462. The first kappa shape index (κ1) is 13.4. The molecule has 2 rings (SSSR count). The Hall–Kier alpha value is -1.07. The van der Waals surface area contributed by atoms with Crippen molar-refractivity contribution in [2.75, 3.05) is 29.9 Å². The van der Waals surface area contributed by atoms with E-state index in [4.69, 9.17) is 5.73 Å². The summed E-state index contributed by atoms with van der Waals surface area (Å²) in [6.07, 6.45) is 0.807. The highest BCUT2D eigenvalue weighted by Gasteiger charge is 2.27. The van der Waals surface area contributed by atoms with E-state index in [0.717, 1.165) is 22.3 Å². The maximum Gasteiger partial charge on any atom is 0.246 e. The summed E-state index contributed by atoms with van der Waals surface area (Å²) in [5.74, 6) is 0.128. The van der Waals surface area contributed by atoms with Crippen molar-refractivity contribution in [3.05, 3.63) is 22.7 Å². The van der Waals surface area contributed by atoms with Crippen molar-refractivity contribution in [3.63, 3.8) is 0 Å². The molecule has 1 aromatic rings. The van der Waals surface area contributed by atoms with E-state index in [-0.39, 0.29) is 11.9 Å². The number of benzene rings is 1. The summed E-state index contributed by atoms with van der Waals surface area (Å²) >= 11 is 3.46. The molecule has 1 aliphatic rings. The molecule has 98 valence electrons. The van der Waals surface area contributed by atoms with Gasteiger partial charge in [0.15, 0.2) is 0 Å². The van der Waals surface area contributed by atoms with E-state index in [1.165, 1.54) is 0 Å². The van der Waals surface area contributed by atoms with Gasteiger partial charge in [-0.2, -0.15) is 0 Å². The summed E-state index contributed by atoms with van der Waals surface area (Å²) in [5.41, 5.74) is 7.82. The maximum absolute atomic E-state index is 12.1. The number of halogens is 1. The Morgan fingerprint density at radius 2 is 2.17 bits per heavy atom. The molecule has 0 radical (unpaired) electrons. The number of rotatable bonds is 3. The quantitative estimate of drug-likeness (QED) is 0.928. The monoisotopic (exact) mass is 311 g/mol. The molecule has 1 atom stereocenters. The molecule has 1 aromatic carbocycles. The molecule has 0 bridgehead atoms. The van der Waals surface area contributed by atoms with Crippen LogP contribution in [0.4, 0.5) is 11.4 Å². The van der Waals surface area contributed by atoms with Crippen LogP contribution in [0.25, 0.3) is 0 Å². The molecule has 0 spiro atoms. The normalized spacial score (nSPS) is 16.8. The van der Waals surface area contributed by atoms with E-state index < -0.39 is 0 Å².